The molecular formula is C18H27NO3. The van der Waals surface area contributed by atoms with Crippen molar-refractivity contribution in [2.75, 3.05) is 20.3 Å². The molecule has 1 saturated heterocycles. The molecule has 0 radical (unpaired) electrons. The van der Waals surface area contributed by atoms with Crippen LogP contribution in [0, 0.1) is 0 Å². The molecule has 1 unspecified atom stereocenters. The van der Waals surface area contributed by atoms with E-state index in [1.165, 1.54) is 24.8 Å². The van der Waals surface area contributed by atoms with Gasteiger partial charge in [0.05, 0.1) is 20.1 Å². The highest BCUT2D eigenvalue weighted by Gasteiger charge is 2.24. The summed E-state index contributed by atoms with van der Waals surface area (Å²) < 4.78 is 10.4. The van der Waals surface area contributed by atoms with E-state index in [9.17, 15) is 4.79 Å². The van der Waals surface area contributed by atoms with E-state index < -0.39 is 0 Å². The average Bonchev–Trinajstić information content (AvgIpc) is 2.73. The predicted molar refractivity (Wildman–Crippen MR) is 86.9 cm³/mol. The van der Waals surface area contributed by atoms with Crippen molar-refractivity contribution in [3.63, 3.8) is 0 Å². The molecule has 1 aliphatic heterocycles. The van der Waals surface area contributed by atoms with Crippen molar-refractivity contribution < 1.29 is 14.3 Å². The number of benzene rings is 1. The van der Waals surface area contributed by atoms with Crippen molar-refractivity contribution in [1.29, 1.82) is 0 Å². The minimum atomic E-state index is -0.0787. The molecule has 4 nitrogen and oxygen atoms in total. The molecule has 0 bridgehead atoms. The van der Waals surface area contributed by atoms with Crippen molar-refractivity contribution in [2.45, 2.75) is 51.6 Å². The molecule has 0 aliphatic carbocycles. The van der Waals surface area contributed by atoms with Gasteiger partial charge in [-0.2, -0.15) is 0 Å². The minimum absolute atomic E-state index is 0.0787. The van der Waals surface area contributed by atoms with E-state index in [1.54, 1.807) is 7.11 Å². The Hall–Kier alpha value is -1.55. The minimum Gasteiger partial charge on any atom is -0.497 e. The summed E-state index contributed by atoms with van der Waals surface area (Å²) in [6, 6.07) is 8.46. The van der Waals surface area contributed by atoms with E-state index in [0.717, 1.165) is 25.3 Å². The van der Waals surface area contributed by atoms with Gasteiger partial charge in [-0.15, -0.1) is 0 Å². The van der Waals surface area contributed by atoms with Crippen LogP contribution in [0.5, 0.6) is 5.75 Å². The molecule has 1 heterocycles. The standard InChI is InChI=1S/C18H27NO3/c1-3-22-18(20)13-16-9-5-4-6-11-19(16)14-15-8-7-10-17(12-15)21-2/h7-8,10,12,16H,3-6,9,11,13-14H2,1-2H3. The lowest BCUT2D eigenvalue weighted by molar-refractivity contribution is -0.144. The van der Waals surface area contributed by atoms with E-state index in [2.05, 4.69) is 17.0 Å². The van der Waals surface area contributed by atoms with Crippen LogP contribution in [0.4, 0.5) is 0 Å². The molecule has 1 aromatic rings. The maximum absolute atomic E-state index is 11.9. The highest BCUT2D eigenvalue weighted by Crippen LogP contribution is 2.23. The number of rotatable bonds is 6. The van der Waals surface area contributed by atoms with E-state index in [-0.39, 0.29) is 12.0 Å². The van der Waals surface area contributed by atoms with Gasteiger partial charge in [0, 0.05) is 12.6 Å². The van der Waals surface area contributed by atoms with Crippen LogP contribution in [-0.4, -0.2) is 37.2 Å². The third-order valence-corrected chi connectivity index (χ3v) is 4.23. The van der Waals surface area contributed by atoms with Gasteiger partial charge in [-0.3, -0.25) is 9.69 Å². The summed E-state index contributed by atoms with van der Waals surface area (Å²) in [5.41, 5.74) is 1.23. The Kier molecular flexibility index (Phi) is 6.72. The second-order valence-electron chi connectivity index (χ2n) is 5.83. The van der Waals surface area contributed by atoms with E-state index in [0.29, 0.717) is 13.0 Å². The van der Waals surface area contributed by atoms with Gasteiger partial charge in [-0.05, 0) is 44.0 Å². The number of likely N-dealkylation sites (tertiary alicyclic amines) is 1. The summed E-state index contributed by atoms with van der Waals surface area (Å²) >= 11 is 0. The molecule has 122 valence electrons. The van der Waals surface area contributed by atoms with Gasteiger partial charge in [0.15, 0.2) is 0 Å². The summed E-state index contributed by atoms with van der Waals surface area (Å²) in [7, 11) is 1.69. The van der Waals surface area contributed by atoms with E-state index >= 15 is 0 Å². The molecule has 4 heteroatoms. The van der Waals surface area contributed by atoms with Gasteiger partial charge < -0.3 is 9.47 Å². The van der Waals surface area contributed by atoms with Crippen LogP contribution in [-0.2, 0) is 16.1 Å². The number of esters is 1. The molecule has 1 aliphatic rings. The zero-order valence-electron chi connectivity index (χ0n) is 13.7. The summed E-state index contributed by atoms with van der Waals surface area (Å²) in [5, 5.41) is 0. The normalized spacial score (nSPS) is 19.5. The van der Waals surface area contributed by atoms with Crippen LogP contribution in [0.25, 0.3) is 0 Å². The van der Waals surface area contributed by atoms with Crippen LogP contribution in [0.3, 0.4) is 0 Å². The van der Waals surface area contributed by atoms with Gasteiger partial charge in [0.25, 0.3) is 0 Å². The van der Waals surface area contributed by atoms with Gasteiger partial charge >= 0.3 is 5.97 Å². The highest BCUT2D eigenvalue weighted by atomic mass is 16.5. The van der Waals surface area contributed by atoms with Gasteiger partial charge in [0.2, 0.25) is 0 Å². The first-order chi connectivity index (χ1) is 10.7. The van der Waals surface area contributed by atoms with Crippen LogP contribution >= 0.6 is 0 Å². The molecule has 22 heavy (non-hydrogen) atoms. The molecule has 1 atom stereocenters. The summed E-state index contributed by atoms with van der Waals surface area (Å²) in [5.74, 6) is 0.805. The van der Waals surface area contributed by atoms with Crippen molar-refractivity contribution >= 4 is 5.97 Å². The number of carbonyl (C=O) groups is 1. The van der Waals surface area contributed by atoms with E-state index in [1.807, 2.05) is 19.1 Å². The molecule has 0 aromatic heterocycles. The second kappa shape index (κ2) is 8.79. The third-order valence-electron chi connectivity index (χ3n) is 4.23. The molecular weight excluding hydrogens is 278 g/mol. The fourth-order valence-corrected chi connectivity index (χ4v) is 3.09. The van der Waals surface area contributed by atoms with Gasteiger partial charge in [0.1, 0.15) is 5.75 Å². The van der Waals surface area contributed by atoms with Crippen LogP contribution in [0.15, 0.2) is 24.3 Å². The first kappa shape index (κ1) is 16.8. The maximum Gasteiger partial charge on any atom is 0.307 e. The lowest BCUT2D eigenvalue weighted by Crippen LogP contribution is -2.36. The number of hydrogen-bond acceptors (Lipinski definition) is 4. The first-order valence-corrected chi connectivity index (χ1v) is 8.25. The van der Waals surface area contributed by atoms with Crippen molar-refractivity contribution in [3.05, 3.63) is 29.8 Å². The molecule has 0 saturated carbocycles. The van der Waals surface area contributed by atoms with Gasteiger partial charge in [-0.25, -0.2) is 0 Å². The Bertz CT molecular complexity index is 475. The number of hydrogen-bond donors (Lipinski definition) is 0. The summed E-state index contributed by atoms with van der Waals surface area (Å²) in [6.07, 6.45) is 5.20. The summed E-state index contributed by atoms with van der Waals surface area (Å²) in [4.78, 5) is 14.3. The number of methoxy groups -OCH3 is 1. The zero-order valence-corrected chi connectivity index (χ0v) is 13.7. The Morgan fingerprint density at radius 1 is 1.32 bits per heavy atom. The lowest BCUT2D eigenvalue weighted by atomic mass is 10.1. The first-order valence-electron chi connectivity index (χ1n) is 8.25. The van der Waals surface area contributed by atoms with Gasteiger partial charge in [-0.1, -0.05) is 25.0 Å². The largest absolute Gasteiger partial charge is 0.497 e. The number of ether oxygens (including phenoxy) is 2. The summed E-state index contributed by atoms with van der Waals surface area (Å²) in [6.45, 7) is 4.23. The van der Waals surface area contributed by atoms with Crippen LogP contribution in [0.2, 0.25) is 0 Å². The van der Waals surface area contributed by atoms with Crippen molar-refractivity contribution in [2.24, 2.45) is 0 Å². The van der Waals surface area contributed by atoms with Crippen molar-refractivity contribution in [1.82, 2.24) is 4.90 Å². The van der Waals surface area contributed by atoms with E-state index in [4.69, 9.17) is 9.47 Å². The predicted octanol–water partition coefficient (Wildman–Crippen LogP) is 3.39. The second-order valence-corrected chi connectivity index (χ2v) is 5.83. The third kappa shape index (κ3) is 5.02. The molecule has 0 spiro atoms. The Balaban J connectivity index is 2.04. The topological polar surface area (TPSA) is 38.8 Å². The fourth-order valence-electron chi connectivity index (χ4n) is 3.09. The smallest absolute Gasteiger partial charge is 0.307 e. The zero-order chi connectivity index (χ0) is 15.8. The molecule has 1 fully saturated rings. The van der Waals surface area contributed by atoms with Crippen LogP contribution in [0.1, 0.15) is 44.6 Å². The Morgan fingerprint density at radius 2 is 2.18 bits per heavy atom. The highest BCUT2D eigenvalue weighted by molar-refractivity contribution is 5.70. The Morgan fingerprint density at radius 3 is 2.95 bits per heavy atom. The lowest BCUT2D eigenvalue weighted by Gasteiger charge is -2.29. The molecule has 0 amide bonds. The monoisotopic (exact) mass is 305 g/mol. The Labute approximate surface area is 133 Å². The number of carbonyl (C=O) groups excluding carboxylic acids is 1. The quantitative estimate of drug-likeness (QED) is 0.755. The van der Waals surface area contributed by atoms with Crippen LogP contribution < -0.4 is 4.74 Å². The molecule has 2 rings (SSSR count). The fraction of sp³-hybridized carbons (Fsp3) is 0.611. The number of nitrogens with zero attached hydrogens (tertiary/aromatic N) is 1. The molecule has 0 N–H and O–H groups in total. The maximum atomic E-state index is 11.9. The SMILES string of the molecule is CCOC(=O)CC1CCCCCN1Cc1cccc(OC)c1. The molecule has 1 aromatic carbocycles. The average molecular weight is 305 g/mol. The van der Waals surface area contributed by atoms with Crippen molar-refractivity contribution in [3.8, 4) is 5.75 Å².